The van der Waals surface area contributed by atoms with E-state index < -0.39 is 5.72 Å². The lowest BCUT2D eigenvalue weighted by Crippen LogP contribution is -2.32. The Labute approximate surface area is 72.0 Å². The van der Waals surface area contributed by atoms with Crippen molar-refractivity contribution in [1.82, 2.24) is 0 Å². The van der Waals surface area contributed by atoms with E-state index in [4.69, 9.17) is 11.5 Å². The molecule has 0 aromatic heterocycles. The quantitative estimate of drug-likeness (QED) is 0.552. The van der Waals surface area contributed by atoms with Crippen LogP contribution in [0.3, 0.4) is 0 Å². The molecule has 3 nitrogen and oxygen atoms in total. The fraction of sp³-hybridized carbons (Fsp3) is 0.333. The molecule has 1 atom stereocenters. The second-order valence-electron chi connectivity index (χ2n) is 3.05. The van der Waals surface area contributed by atoms with Crippen LogP contribution in [-0.2, 0) is 12.3 Å². The summed E-state index contributed by atoms with van der Waals surface area (Å²) in [4.78, 5) is 0. The number of hydrogen-bond donors (Lipinski definition) is 3. The summed E-state index contributed by atoms with van der Waals surface area (Å²) in [5.74, 6) is 0. The van der Waals surface area contributed by atoms with Gasteiger partial charge < -0.3 is 16.6 Å². The third-order valence-corrected chi connectivity index (χ3v) is 1.75. The highest BCUT2D eigenvalue weighted by Crippen LogP contribution is 2.15. The highest BCUT2D eigenvalue weighted by Gasteiger charge is 2.15. The molecular formula is C9H14N2O. The number of benzene rings is 1. The molecule has 0 heterocycles. The molecule has 0 fully saturated rings. The van der Waals surface area contributed by atoms with Crippen molar-refractivity contribution in [3.63, 3.8) is 0 Å². The molecule has 0 amide bonds. The van der Waals surface area contributed by atoms with Gasteiger partial charge in [-0.15, -0.1) is 0 Å². The average Bonchev–Trinajstić information content (AvgIpc) is 2.03. The van der Waals surface area contributed by atoms with Gasteiger partial charge in [0.2, 0.25) is 0 Å². The van der Waals surface area contributed by atoms with Gasteiger partial charge in [0, 0.05) is 6.54 Å². The van der Waals surface area contributed by atoms with Crippen LogP contribution in [0.2, 0.25) is 0 Å². The van der Waals surface area contributed by atoms with Crippen molar-refractivity contribution in [2.24, 2.45) is 11.5 Å². The first-order valence-electron chi connectivity index (χ1n) is 3.85. The molecule has 3 heteroatoms. The highest BCUT2D eigenvalue weighted by molar-refractivity contribution is 5.26. The predicted molar refractivity (Wildman–Crippen MR) is 48.1 cm³/mol. The first-order valence-corrected chi connectivity index (χ1v) is 3.85. The van der Waals surface area contributed by atoms with Gasteiger partial charge in [0.15, 0.2) is 0 Å². The average molecular weight is 166 g/mol. The van der Waals surface area contributed by atoms with Gasteiger partial charge in [-0.3, -0.25) is 0 Å². The standard InChI is InChI=1S/C9H14N2O/c1-9(11,12)8-4-2-3-7(5-8)6-10/h2-5,12H,6,10-11H2,1H3. The molecule has 0 bridgehead atoms. The fourth-order valence-corrected chi connectivity index (χ4v) is 1.01. The minimum atomic E-state index is -1.27. The van der Waals surface area contributed by atoms with Gasteiger partial charge in [0.05, 0.1) is 0 Å². The zero-order chi connectivity index (χ0) is 9.19. The summed E-state index contributed by atoms with van der Waals surface area (Å²) in [6, 6.07) is 7.31. The van der Waals surface area contributed by atoms with Crippen LogP contribution in [0.25, 0.3) is 0 Å². The SMILES string of the molecule is CC(N)(O)c1cccc(CN)c1. The Morgan fingerprint density at radius 1 is 1.50 bits per heavy atom. The second-order valence-corrected chi connectivity index (χ2v) is 3.05. The molecular weight excluding hydrogens is 152 g/mol. The van der Waals surface area contributed by atoms with Crippen LogP contribution in [0.5, 0.6) is 0 Å². The van der Waals surface area contributed by atoms with Crippen LogP contribution in [0.1, 0.15) is 18.1 Å². The summed E-state index contributed by atoms with van der Waals surface area (Å²) in [7, 11) is 0. The third kappa shape index (κ3) is 2.04. The van der Waals surface area contributed by atoms with E-state index in [1.165, 1.54) is 0 Å². The lowest BCUT2D eigenvalue weighted by atomic mass is 10.0. The van der Waals surface area contributed by atoms with Crippen molar-refractivity contribution in [3.05, 3.63) is 35.4 Å². The van der Waals surface area contributed by atoms with Crippen LogP contribution in [0.15, 0.2) is 24.3 Å². The summed E-state index contributed by atoms with van der Waals surface area (Å²) >= 11 is 0. The maximum Gasteiger partial charge on any atom is 0.136 e. The van der Waals surface area contributed by atoms with Crippen LogP contribution in [0, 0.1) is 0 Å². The molecule has 0 saturated heterocycles. The van der Waals surface area contributed by atoms with Crippen molar-refractivity contribution in [1.29, 1.82) is 0 Å². The number of rotatable bonds is 2. The molecule has 1 aromatic rings. The first-order chi connectivity index (χ1) is 5.54. The van der Waals surface area contributed by atoms with Crippen LogP contribution in [-0.4, -0.2) is 5.11 Å². The lowest BCUT2D eigenvalue weighted by molar-refractivity contribution is 0.0646. The highest BCUT2D eigenvalue weighted by atomic mass is 16.3. The lowest BCUT2D eigenvalue weighted by Gasteiger charge is -2.18. The maximum absolute atomic E-state index is 9.45. The Morgan fingerprint density at radius 2 is 2.17 bits per heavy atom. The Bertz CT molecular complexity index is 265. The largest absolute Gasteiger partial charge is 0.372 e. The molecule has 0 radical (unpaired) electrons. The molecule has 1 unspecified atom stereocenters. The number of nitrogens with two attached hydrogens (primary N) is 2. The molecule has 1 rings (SSSR count). The molecule has 5 N–H and O–H groups in total. The zero-order valence-corrected chi connectivity index (χ0v) is 7.12. The molecule has 0 aliphatic heterocycles. The zero-order valence-electron chi connectivity index (χ0n) is 7.12. The summed E-state index contributed by atoms with van der Waals surface area (Å²) in [5.41, 5.74) is 11.3. The van der Waals surface area contributed by atoms with Gasteiger partial charge in [-0.2, -0.15) is 0 Å². The van der Waals surface area contributed by atoms with E-state index in [-0.39, 0.29) is 0 Å². The molecule has 1 aromatic carbocycles. The van der Waals surface area contributed by atoms with Crippen LogP contribution in [0.4, 0.5) is 0 Å². The Kier molecular flexibility index (Phi) is 2.47. The van der Waals surface area contributed by atoms with Crippen LogP contribution < -0.4 is 11.5 Å². The van der Waals surface area contributed by atoms with Gasteiger partial charge in [-0.05, 0) is 18.1 Å². The van der Waals surface area contributed by atoms with Gasteiger partial charge in [-0.1, -0.05) is 24.3 Å². The third-order valence-electron chi connectivity index (χ3n) is 1.75. The Balaban J connectivity index is 3.02. The van der Waals surface area contributed by atoms with E-state index in [1.807, 2.05) is 12.1 Å². The number of hydrogen-bond acceptors (Lipinski definition) is 3. The van der Waals surface area contributed by atoms with E-state index in [1.54, 1.807) is 19.1 Å². The fourth-order valence-electron chi connectivity index (χ4n) is 1.01. The summed E-state index contributed by atoms with van der Waals surface area (Å²) in [6.07, 6.45) is 0. The molecule has 0 saturated carbocycles. The van der Waals surface area contributed by atoms with Crippen molar-refractivity contribution < 1.29 is 5.11 Å². The Hall–Kier alpha value is -0.900. The van der Waals surface area contributed by atoms with E-state index in [0.717, 1.165) is 5.56 Å². The number of aliphatic hydroxyl groups is 1. The van der Waals surface area contributed by atoms with Crippen molar-refractivity contribution in [2.75, 3.05) is 0 Å². The van der Waals surface area contributed by atoms with E-state index >= 15 is 0 Å². The van der Waals surface area contributed by atoms with E-state index in [2.05, 4.69) is 0 Å². The molecule has 0 spiro atoms. The summed E-state index contributed by atoms with van der Waals surface area (Å²) < 4.78 is 0. The molecule has 66 valence electrons. The minimum absolute atomic E-state index is 0.462. The van der Waals surface area contributed by atoms with Crippen molar-refractivity contribution in [2.45, 2.75) is 19.2 Å². The molecule has 0 aliphatic rings. The van der Waals surface area contributed by atoms with Crippen LogP contribution >= 0.6 is 0 Å². The van der Waals surface area contributed by atoms with Gasteiger partial charge in [0.1, 0.15) is 5.72 Å². The van der Waals surface area contributed by atoms with Crippen molar-refractivity contribution >= 4 is 0 Å². The predicted octanol–water partition coefficient (Wildman–Crippen LogP) is 0.269. The topological polar surface area (TPSA) is 72.3 Å². The Morgan fingerprint density at radius 3 is 2.67 bits per heavy atom. The monoisotopic (exact) mass is 166 g/mol. The normalized spacial score (nSPS) is 15.7. The summed E-state index contributed by atoms with van der Waals surface area (Å²) in [6.45, 7) is 2.01. The second kappa shape index (κ2) is 3.23. The maximum atomic E-state index is 9.45. The van der Waals surface area contributed by atoms with Gasteiger partial charge in [0.25, 0.3) is 0 Å². The van der Waals surface area contributed by atoms with E-state index in [0.29, 0.717) is 12.1 Å². The summed E-state index contributed by atoms with van der Waals surface area (Å²) in [5, 5.41) is 9.45. The molecule has 0 aliphatic carbocycles. The van der Waals surface area contributed by atoms with Crippen molar-refractivity contribution in [3.8, 4) is 0 Å². The van der Waals surface area contributed by atoms with Gasteiger partial charge >= 0.3 is 0 Å². The first kappa shape index (κ1) is 9.19. The molecule has 12 heavy (non-hydrogen) atoms. The van der Waals surface area contributed by atoms with Gasteiger partial charge in [-0.25, -0.2) is 0 Å². The minimum Gasteiger partial charge on any atom is -0.372 e. The van der Waals surface area contributed by atoms with E-state index in [9.17, 15) is 5.11 Å². The smallest absolute Gasteiger partial charge is 0.136 e.